The van der Waals surface area contributed by atoms with Gasteiger partial charge in [-0.25, -0.2) is 0 Å². The lowest BCUT2D eigenvalue weighted by Crippen LogP contribution is -2.07. The van der Waals surface area contributed by atoms with Crippen LogP contribution in [-0.4, -0.2) is 5.75 Å². The van der Waals surface area contributed by atoms with Crippen molar-refractivity contribution in [3.63, 3.8) is 0 Å². The zero-order valence-corrected chi connectivity index (χ0v) is 9.78. The molecule has 0 aromatic heterocycles. The number of hydrogen-bond acceptors (Lipinski definition) is 1. The third kappa shape index (κ3) is 3.59. The highest BCUT2D eigenvalue weighted by Gasteiger charge is 2.32. The number of alkyl halides is 3. The van der Waals surface area contributed by atoms with Crippen molar-refractivity contribution < 1.29 is 13.2 Å². The van der Waals surface area contributed by atoms with E-state index in [0.717, 1.165) is 6.42 Å². The minimum atomic E-state index is -4.28. The topological polar surface area (TPSA) is 0 Å². The van der Waals surface area contributed by atoms with Gasteiger partial charge in [0, 0.05) is 0 Å². The van der Waals surface area contributed by atoms with E-state index in [1.807, 2.05) is 6.08 Å². The van der Waals surface area contributed by atoms with Gasteiger partial charge in [0.05, 0.1) is 5.56 Å². The van der Waals surface area contributed by atoms with Crippen molar-refractivity contribution in [1.29, 1.82) is 0 Å². The molecule has 0 saturated carbocycles. The highest BCUT2D eigenvalue weighted by atomic mass is 32.1. The summed E-state index contributed by atoms with van der Waals surface area (Å²) < 4.78 is 37.7. The van der Waals surface area contributed by atoms with Gasteiger partial charge >= 0.3 is 6.18 Å². The normalized spacial score (nSPS) is 12.3. The van der Waals surface area contributed by atoms with E-state index < -0.39 is 11.7 Å². The Bertz CT molecular complexity index is 380. The number of rotatable bonds is 3. The monoisotopic (exact) mass is 246 g/mol. The van der Waals surface area contributed by atoms with Crippen molar-refractivity contribution >= 4 is 18.7 Å². The lowest BCUT2D eigenvalue weighted by molar-refractivity contribution is -0.138. The maximum Gasteiger partial charge on any atom is 0.416 e. The molecule has 0 N–H and O–H groups in total. The Hall–Kier alpha value is -0.900. The average molecular weight is 246 g/mol. The van der Waals surface area contributed by atoms with Gasteiger partial charge in [-0.2, -0.15) is 25.8 Å². The molecule has 1 rings (SSSR count). The van der Waals surface area contributed by atoms with Crippen LogP contribution in [0.25, 0.3) is 6.08 Å². The number of benzene rings is 1. The highest BCUT2D eigenvalue weighted by Crippen LogP contribution is 2.32. The smallest absolute Gasteiger partial charge is 0.179 e. The first kappa shape index (κ1) is 13.2. The van der Waals surface area contributed by atoms with Crippen LogP contribution < -0.4 is 0 Å². The Balaban J connectivity index is 2.99. The van der Waals surface area contributed by atoms with Crippen molar-refractivity contribution in [2.24, 2.45) is 0 Å². The fourth-order valence-electron chi connectivity index (χ4n) is 1.34. The van der Waals surface area contributed by atoms with Crippen molar-refractivity contribution in [3.8, 4) is 0 Å². The molecule has 0 bridgehead atoms. The summed E-state index contributed by atoms with van der Waals surface area (Å²) in [6, 6.07) is 4.34. The van der Waals surface area contributed by atoms with Crippen LogP contribution in [0.4, 0.5) is 13.2 Å². The van der Waals surface area contributed by atoms with Crippen LogP contribution >= 0.6 is 12.6 Å². The Morgan fingerprint density at radius 1 is 1.31 bits per heavy atom. The molecule has 0 heterocycles. The van der Waals surface area contributed by atoms with Crippen molar-refractivity contribution in [1.82, 2.24) is 0 Å². The van der Waals surface area contributed by atoms with Crippen molar-refractivity contribution in [3.05, 3.63) is 41.0 Å². The van der Waals surface area contributed by atoms with Gasteiger partial charge in [0.2, 0.25) is 0 Å². The quantitative estimate of drug-likeness (QED) is 0.753. The van der Waals surface area contributed by atoms with Crippen LogP contribution in [-0.2, 0) is 6.18 Å². The third-order valence-corrected chi connectivity index (χ3v) is 2.43. The Morgan fingerprint density at radius 2 is 2.00 bits per heavy atom. The number of hydrogen-bond donors (Lipinski definition) is 1. The van der Waals surface area contributed by atoms with Gasteiger partial charge in [-0.1, -0.05) is 24.3 Å². The summed E-state index contributed by atoms with van der Waals surface area (Å²) in [6.07, 6.45) is -0.0292. The molecule has 0 unspecified atom stereocenters. The molecule has 1 aromatic carbocycles. The van der Waals surface area contributed by atoms with E-state index in [1.54, 1.807) is 12.1 Å². The van der Waals surface area contributed by atoms with E-state index >= 15 is 0 Å². The van der Waals surface area contributed by atoms with Crippen LogP contribution in [0.1, 0.15) is 23.1 Å². The molecule has 0 atom stereocenters. The summed E-state index contributed by atoms with van der Waals surface area (Å²) in [5.74, 6) is 0.689. The second-order valence-corrected chi connectivity index (χ2v) is 3.93. The van der Waals surface area contributed by atoms with E-state index in [9.17, 15) is 13.2 Å². The summed E-state index contributed by atoms with van der Waals surface area (Å²) in [4.78, 5) is 0. The van der Waals surface area contributed by atoms with E-state index in [2.05, 4.69) is 12.6 Å². The van der Waals surface area contributed by atoms with Gasteiger partial charge in [-0.15, -0.1) is 0 Å². The largest absolute Gasteiger partial charge is 0.416 e. The lowest BCUT2D eigenvalue weighted by atomic mass is 10.0. The fraction of sp³-hybridized carbons (Fsp3) is 0.333. The molecule has 0 amide bonds. The predicted octanol–water partition coefficient (Wildman–Crippen LogP) is 4.35. The molecule has 16 heavy (non-hydrogen) atoms. The van der Waals surface area contributed by atoms with E-state index in [0.29, 0.717) is 11.3 Å². The number of aryl methyl sites for hydroxylation is 1. The van der Waals surface area contributed by atoms with E-state index in [-0.39, 0.29) is 5.56 Å². The molecule has 0 nitrogen and oxygen atoms in total. The SMILES string of the molecule is Cc1ccc(C=CCCS)cc1C(F)(F)F. The van der Waals surface area contributed by atoms with Crippen LogP contribution in [0, 0.1) is 6.92 Å². The summed E-state index contributed by atoms with van der Waals surface area (Å²) in [7, 11) is 0. The Morgan fingerprint density at radius 3 is 2.56 bits per heavy atom. The summed E-state index contributed by atoms with van der Waals surface area (Å²) in [6.45, 7) is 1.46. The van der Waals surface area contributed by atoms with Crippen LogP contribution in [0.3, 0.4) is 0 Å². The first-order valence-electron chi connectivity index (χ1n) is 4.90. The molecule has 88 valence electrons. The molecule has 0 saturated heterocycles. The Kier molecular flexibility index (Phi) is 4.47. The molecule has 0 aliphatic carbocycles. The molecule has 0 spiro atoms. The highest BCUT2D eigenvalue weighted by molar-refractivity contribution is 7.80. The van der Waals surface area contributed by atoms with Gasteiger partial charge in [0.1, 0.15) is 0 Å². The van der Waals surface area contributed by atoms with Gasteiger partial charge in [-0.05, 0) is 36.3 Å². The third-order valence-electron chi connectivity index (χ3n) is 2.17. The van der Waals surface area contributed by atoms with Crippen LogP contribution in [0.2, 0.25) is 0 Å². The van der Waals surface area contributed by atoms with Gasteiger partial charge in [0.15, 0.2) is 0 Å². The first-order valence-corrected chi connectivity index (χ1v) is 5.53. The molecule has 0 aliphatic heterocycles. The summed E-state index contributed by atoms with van der Waals surface area (Å²) in [5.41, 5.74) is 0.249. The molecule has 0 fully saturated rings. The second kappa shape index (κ2) is 5.43. The number of thiol groups is 1. The lowest BCUT2D eigenvalue weighted by Gasteiger charge is -2.10. The average Bonchev–Trinajstić information content (AvgIpc) is 2.19. The second-order valence-electron chi connectivity index (χ2n) is 3.49. The summed E-state index contributed by atoms with van der Waals surface area (Å²) >= 11 is 4.02. The maximum atomic E-state index is 12.6. The Labute approximate surface area is 98.6 Å². The van der Waals surface area contributed by atoms with E-state index in [1.165, 1.54) is 19.1 Å². The van der Waals surface area contributed by atoms with Crippen molar-refractivity contribution in [2.45, 2.75) is 19.5 Å². The maximum absolute atomic E-state index is 12.6. The van der Waals surface area contributed by atoms with Gasteiger partial charge < -0.3 is 0 Å². The zero-order chi connectivity index (χ0) is 12.2. The molecular formula is C12H13F3S. The van der Waals surface area contributed by atoms with Gasteiger partial charge in [0.25, 0.3) is 0 Å². The number of halogens is 3. The minimum absolute atomic E-state index is 0.249. The molecule has 1 aromatic rings. The predicted molar refractivity (Wildman–Crippen MR) is 63.7 cm³/mol. The molecule has 0 radical (unpaired) electrons. The first-order chi connectivity index (χ1) is 7.45. The standard InChI is InChI=1S/C12H13F3S/c1-9-5-6-10(4-2-3-7-16)8-11(9)12(13,14)15/h2,4-6,8,16H,3,7H2,1H3. The van der Waals surface area contributed by atoms with E-state index in [4.69, 9.17) is 0 Å². The summed E-state index contributed by atoms with van der Waals surface area (Å²) in [5, 5.41) is 0. The fourth-order valence-corrected chi connectivity index (χ4v) is 1.49. The van der Waals surface area contributed by atoms with Crippen LogP contribution in [0.15, 0.2) is 24.3 Å². The minimum Gasteiger partial charge on any atom is -0.179 e. The van der Waals surface area contributed by atoms with Gasteiger partial charge in [-0.3, -0.25) is 0 Å². The van der Waals surface area contributed by atoms with Crippen LogP contribution in [0.5, 0.6) is 0 Å². The number of allylic oxidation sites excluding steroid dienone is 1. The molecule has 0 aliphatic rings. The molecule has 4 heteroatoms. The molecular weight excluding hydrogens is 233 g/mol. The van der Waals surface area contributed by atoms with Crippen molar-refractivity contribution in [2.75, 3.05) is 5.75 Å². The zero-order valence-electron chi connectivity index (χ0n) is 8.88.